The summed E-state index contributed by atoms with van der Waals surface area (Å²) in [7, 11) is 1.68. The lowest BCUT2D eigenvalue weighted by atomic mass is 9.92. The molecule has 0 radical (unpaired) electrons. The summed E-state index contributed by atoms with van der Waals surface area (Å²) in [6.07, 6.45) is 6.47. The Labute approximate surface area is 198 Å². The molecule has 1 fully saturated rings. The predicted octanol–water partition coefficient (Wildman–Crippen LogP) is 6.57. The zero-order valence-electron chi connectivity index (χ0n) is 19.1. The molecule has 1 saturated carbocycles. The first-order chi connectivity index (χ1) is 16.1. The van der Waals surface area contributed by atoms with E-state index < -0.39 is 0 Å². The average Bonchev–Trinajstić information content (AvgIpc) is 3.32. The maximum absolute atomic E-state index is 11.5. The van der Waals surface area contributed by atoms with E-state index in [2.05, 4.69) is 46.8 Å². The Hall–Kier alpha value is -2.99. The van der Waals surface area contributed by atoms with Crippen molar-refractivity contribution >= 4 is 23.1 Å². The minimum atomic E-state index is -0.120. The molecular formula is C27H29N3O2S. The van der Waals surface area contributed by atoms with Gasteiger partial charge < -0.3 is 19.4 Å². The van der Waals surface area contributed by atoms with E-state index in [-0.39, 0.29) is 12.1 Å². The minimum Gasteiger partial charge on any atom is -0.497 e. The lowest BCUT2D eigenvalue weighted by Gasteiger charge is -2.27. The van der Waals surface area contributed by atoms with Gasteiger partial charge in [-0.3, -0.25) is 4.57 Å². The van der Waals surface area contributed by atoms with Crippen LogP contribution in [-0.4, -0.2) is 26.3 Å². The first-order valence-electron chi connectivity index (χ1n) is 11.9. The van der Waals surface area contributed by atoms with E-state index in [0.29, 0.717) is 12.3 Å². The fourth-order valence-corrected chi connectivity index (χ4v) is 6.32. The van der Waals surface area contributed by atoms with E-state index >= 15 is 0 Å². The molecule has 2 N–H and O–H groups in total. The zero-order valence-corrected chi connectivity index (χ0v) is 19.9. The number of methoxy groups -OCH3 is 1. The van der Waals surface area contributed by atoms with Crippen LogP contribution >= 0.6 is 12.2 Å². The van der Waals surface area contributed by atoms with Gasteiger partial charge >= 0.3 is 0 Å². The summed E-state index contributed by atoms with van der Waals surface area (Å²) in [6, 6.07) is 14.9. The molecule has 0 unspecified atom stereocenters. The van der Waals surface area contributed by atoms with Crippen LogP contribution in [0.4, 0.5) is 0 Å². The van der Waals surface area contributed by atoms with Crippen molar-refractivity contribution < 1.29 is 9.84 Å². The molecule has 5 nitrogen and oxygen atoms in total. The largest absolute Gasteiger partial charge is 0.497 e. The summed E-state index contributed by atoms with van der Waals surface area (Å²) >= 11 is 6.06. The van der Waals surface area contributed by atoms with E-state index in [1.54, 1.807) is 7.11 Å². The molecule has 3 heterocycles. The number of hydrogen-bond donors (Lipinski definition) is 2. The second kappa shape index (κ2) is 7.80. The Balaban J connectivity index is 1.60. The van der Waals surface area contributed by atoms with Gasteiger partial charge in [0.05, 0.1) is 12.8 Å². The van der Waals surface area contributed by atoms with Gasteiger partial charge in [-0.2, -0.15) is 0 Å². The van der Waals surface area contributed by atoms with Crippen molar-refractivity contribution in [1.29, 1.82) is 0 Å². The highest BCUT2D eigenvalue weighted by molar-refractivity contribution is 7.71. The number of benzene rings is 2. The van der Waals surface area contributed by atoms with Gasteiger partial charge in [0, 0.05) is 29.1 Å². The molecule has 1 aliphatic heterocycles. The molecule has 4 aromatic rings. The summed E-state index contributed by atoms with van der Waals surface area (Å²) in [5.74, 6) is 1.17. The molecule has 2 aromatic carbocycles. The number of nitrogens with one attached hydrogen (secondary N) is 1. The van der Waals surface area contributed by atoms with Crippen LogP contribution in [0.15, 0.2) is 42.5 Å². The Morgan fingerprint density at radius 1 is 1.03 bits per heavy atom. The van der Waals surface area contributed by atoms with Gasteiger partial charge in [-0.05, 0) is 67.4 Å². The van der Waals surface area contributed by atoms with Crippen molar-refractivity contribution in [2.24, 2.45) is 0 Å². The highest BCUT2D eigenvalue weighted by Gasteiger charge is 2.35. The van der Waals surface area contributed by atoms with Gasteiger partial charge in [0.25, 0.3) is 0 Å². The normalized spacial score (nSPS) is 18.3. The van der Waals surface area contributed by atoms with Crippen molar-refractivity contribution in [2.75, 3.05) is 7.11 Å². The number of nitrogens with zero attached hydrogens (tertiary/aromatic N) is 2. The molecular weight excluding hydrogens is 430 g/mol. The zero-order chi connectivity index (χ0) is 22.7. The third kappa shape index (κ3) is 3.15. The Morgan fingerprint density at radius 3 is 2.52 bits per heavy atom. The Bertz CT molecular complexity index is 1400. The van der Waals surface area contributed by atoms with Crippen LogP contribution in [0.5, 0.6) is 11.6 Å². The Kier molecular flexibility index (Phi) is 4.87. The topological polar surface area (TPSA) is 55.1 Å². The van der Waals surface area contributed by atoms with Gasteiger partial charge in [-0.15, -0.1) is 0 Å². The number of fused-ring (bicyclic) bond motifs is 4. The van der Waals surface area contributed by atoms with E-state index in [9.17, 15) is 5.11 Å². The molecule has 6 rings (SSSR count). The summed E-state index contributed by atoms with van der Waals surface area (Å²) in [5, 5.41) is 12.7. The minimum absolute atomic E-state index is 0.120. The number of rotatable bonds is 3. The van der Waals surface area contributed by atoms with E-state index in [4.69, 9.17) is 17.0 Å². The van der Waals surface area contributed by atoms with Crippen LogP contribution in [0.1, 0.15) is 72.3 Å². The summed E-state index contributed by atoms with van der Waals surface area (Å²) in [5.41, 5.74) is 6.81. The Morgan fingerprint density at radius 2 is 1.79 bits per heavy atom. The molecule has 2 aromatic heterocycles. The van der Waals surface area contributed by atoms with E-state index in [0.717, 1.165) is 45.8 Å². The van der Waals surface area contributed by atoms with Gasteiger partial charge in [-0.25, -0.2) is 0 Å². The van der Waals surface area contributed by atoms with E-state index in [1.165, 1.54) is 35.8 Å². The summed E-state index contributed by atoms with van der Waals surface area (Å²) in [6.45, 7) is 2.13. The third-order valence-electron chi connectivity index (χ3n) is 7.53. The molecule has 1 aliphatic carbocycles. The van der Waals surface area contributed by atoms with Crippen molar-refractivity contribution in [2.45, 2.75) is 57.5 Å². The second-order valence-corrected chi connectivity index (χ2v) is 9.87. The van der Waals surface area contributed by atoms with Crippen LogP contribution in [0.25, 0.3) is 10.9 Å². The van der Waals surface area contributed by atoms with Crippen molar-refractivity contribution in [3.8, 4) is 11.6 Å². The molecule has 0 spiro atoms. The number of imidazole rings is 1. The molecule has 0 bridgehead atoms. The number of aromatic amines is 1. The highest BCUT2D eigenvalue weighted by atomic mass is 32.1. The highest BCUT2D eigenvalue weighted by Crippen LogP contribution is 2.45. The maximum Gasteiger partial charge on any atom is 0.214 e. The van der Waals surface area contributed by atoms with Crippen LogP contribution in [0.3, 0.4) is 0 Å². The molecule has 6 heteroatoms. The second-order valence-electron chi connectivity index (χ2n) is 9.50. The molecule has 1 atom stereocenters. The lowest BCUT2D eigenvalue weighted by molar-refractivity contribution is 0.309. The maximum atomic E-state index is 11.5. The smallest absolute Gasteiger partial charge is 0.214 e. The average molecular weight is 460 g/mol. The van der Waals surface area contributed by atoms with E-state index in [1.807, 2.05) is 16.7 Å². The molecule has 170 valence electrons. The number of aromatic nitrogens is 3. The van der Waals surface area contributed by atoms with Crippen molar-refractivity contribution in [3.63, 3.8) is 0 Å². The lowest BCUT2D eigenvalue weighted by Crippen LogP contribution is -2.22. The van der Waals surface area contributed by atoms with Gasteiger partial charge in [-0.1, -0.05) is 43.0 Å². The number of aryl methyl sites for hydroxylation is 1. The molecule has 2 aliphatic rings. The summed E-state index contributed by atoms with van der Waals surface area (Å²) in [4.78, 5) is 3.71. The van der Waals surface area contributed by atoms with Crippen molar-refractivity contribution in [1.82, 2.24) is 14.1 Å². The number of hydrogen-bond acceptors (Lipinski definition) is 3. The number of ether oxygens (including phenoxy) is 1. The van der Waals surface area contributed by atoms with Crippen LogP contribution in [-0.2, 0) is 6.42 Å². The number of H-pyrrole nitrogens is 1. The summed E-state index contributed by atoms with van der Waals surface area (Å²) < 4.78 is 10.3. The first kappa shape index (κ1) is 20.6. The van der Waals surface area contributed by atoms with Crippen molar-refractivity contribution in [3.05, 3.63) is 75.3 Å². The first-order valence-corrected chi connectivity index (χ1v) is 12.3. The third-order valence-corrected chi connectivity index (χ3v) is 7.92. The van der Waals surface area contributed by atoms with Crippen LogP contribution < -0.4 is 4.74 Å². The van der Waals surface area contributed by atoms with Gasteiger partial charge in [0.15, 0.2) is 4.77 Å². The molecule has 0 amide bonds. The predicted molar refractivity (Wildman–Crippen MR) is 133 cm³/mol. The SMILES string of the molecule is COc1ccc([C@H]2c3[nH]c4ccc(C)cc4c3Cc3c(O)n(C4CCCCC4)c(=S)n32)cc1. The molecule has 33 heavy (non-hydrogen) atoms. The number of aromatic hydroxyl groups is 1. The molecule has 0 saturated heterocycles. The van der Waals surface area contributed by atoms with Crippen LogP contribution in [0.2, 0.25) is 0 Å². The van der Waals surface area contributed by atoms with Gasteiger partial charge in [0.2, 0.25) is 5.88 Å². The van der Waals surface area contributed by atoms with Crippen LogP contribution in [0, 0.1) is 11.7 Å². The fourth-order valence-electron chi connectivity index (χ4n) is 5.87. The monoisotopic (exact) mass is 459 g/mol. The fraction of sp³-hybridized carbons (Fsp3) is 0.370. The van der Waals surface area contributed by atoms with Gasteiger partial charge in [0.1, 0.15) is 11.8 Å². The quantitative estimate of drug-likeness (QED) is 0.300. The standard InChI is InChI=1S/C27H29N3O2S/c1-16-8-13-22-20(14-16)21-15-23-26(31)29(18-6-4-3-5-7-18)27(33)30(23)25(24(21)28-22)17-9-11-19(32-2)12-10-17/h8-14,18,25,28,31H,3-7,15H2,1-2H3/t25-/m0/s1.